The molecule has 1 spiro atoms. The van der Waals surface area contributed by atoms with Crippen molar-refractivity contribution < 1.29 is 32.2 Å². The van der Waals surface area contributed by atoms with Crippen molar-refractivity contribution in [2.75, 3.05) is 39.9 Å². The maximum absolute atomic E-state index is 13.6. The van der Waals surface area contributed by atoms with Gasteiger partial charge in [0.25, 0.3) is 5.91 Å². The van der Waals surface area contributed by atoms with Crippen molar-refractivity contribution >= 4 is 11.8 Å². The van der Waals surface area contributed by atoms with E-state index in [1.54, 1.807) is 16.8 Å². The van der Waals surface area contributed by atoms with Gasteiger partial charge in [0.2, 0.25) is 5.91 Å². The maximum atomic E-state index is 13.6. The molecule has 0 saturated carbocycles. The van der Waals surface area contributed by atoms with Crippen LogP contribution in [0.4, 0.5) is 13.2 Å². The van der Waals surface area contributed by atoms with Crippen LogP contribution in [0.3, 0.4) is 0 Å². The first kappa shape index (κ1) is 27.8. The molecule has 9 heteroatoms. The van der Waals surface area contributed by atoms with E-state index < -0.39 is 17.2 Å². The van der Waals surface area contributed by atoms with E-state index in [1.807, 2.05) is 18.2 Å². The van der Waals surface area contributed by atoms with Crippen LogP contribution in [-0.2, 0) is 22.2 Å². The first-order chi connectivity index (χ1) is 18.2. The third kappa shape index (κ3) is 6.79. The van der Waals surface area contributed by atoms with Crippen molar-refractivity contribution in [2.24, 2.45) is 5.41 Å². The monoisotopic (exact) mass is 532 g/mol. The summed E-state index contributed by atoms with van der Waals surface area (Å²) in [6.07, 6.45) is 1.25. The van der Waals surface area contributed by atoms with E-state index in [0.29, 0.717) is 39.1 Å². The summed E-state index contributed by atoms with van der Waals surface area (Å²) in [5.74, 6) is 0.661. The third-order valence-electron chi connectivity index (χ3n) is 7.66. The number of amides is 2. The van der Waals surface area contributed by atoms with Crippen molar-refractivity contribution in [3.63, 3.8) is 0 Å². The Kier molecular flexibility index (Phi) is 8.84. The van der Waals surface area contributed by atoms with Crippen LogP contribution in [0, 0.1) is 5.41 Å². The number of fused-ring (bicyclic) bond motifs is 1. The first-order valence-electron chi connectivity index (χ1n) is 13.2. The van der Waals surface area contributed by atoms with Gasteiger partial charge in [0, 0.05) is 20.1 Å². The highest BCUT2D eigenvalue weighted by molar-refractivity contribution is 5.83. The molecule has 2 heterocycles. The molecule has 6 nitrogen and oxygen atoms in total. The van der Waals surface area contributed by atoms with E-state index in [9.17, 15) is 22.8 Å². The standard InChI is InChI=1S/C29H35F3N2O4/c1-33-18-19-37-25-12-5-4-9-22(25)8-3-2-6-13-28(27(33)36)14-16-34(17-15-28)26(35)21-38-24-11-7-10-23(20-24)29(30,31)32/h4-5,7,9-12,20H,2-3,6,8,13-19,21H2,1H3. The minimum absolute atomic E-state index is 0.00179. The molecule has 1 fully saturated rings. The second-order valence-corrected chi connectivity index (χ2v) is 10.2. The summed E-state index contributed by atoms with van der Waals surface area (Å²) in [6, 6.07) is 12.6. The van der Waals surface area contributed by atoms with Crippen LogP contribution < -0.4 is 9.47 Å². The Bertz CT molecular complexity index is 1110. The number of halogens is 3. The molecular formula is C29H35F3N2O4. The second-order valence-electron chi connectivity index (χ2n) is 10.2. The van der Waals surface area contributed by atoms with Gasteiger partial charge in [0.05, 0.1) is 17.5 Å². The topological polar surface area (TPSA) is 59.1 Å². The fourth-order valence-corrected chi connectivity index (χ4v) is 5.36. The average molecular weight is 533 g/mol. The molecular weight excluding hydrogens is 497 g/mol. The number of likely N-dealkylation sites (tertiary alicyclic amines) is 1. The van der Waals surface area contributed by atoms with Gasteiger partial charge in [0.15, 0.2) is 6.61 Å². The Hall–Kier alpha value is -3.23. The van der Waals surface area contributed by atoms with Gasteiger partial charge in [-0.15, -0.1) is 0 Å². The van der Waals surface area contributed by atoms with Crippen LogP contribution >= 0.6 is 0 Å². The summed E-state index contributed by atoms with van der Waals surface area (Å²) in [7, 11) is 1.80. The highest BCUT2D eigenvalue weighted by Crippen LogP contribution is 2.39. The first-order valence-corrected chi connectivity index (χ1v) is 13.2. The van der Waals surface area contributed by atoms with Gasteiger partial charge < -0.3 is 19.3 Å². The molecule has 2 aliphatic rings. The lowest BCUT2D eigenvalue weighted by Gasteiger charge is -2.42. The molecule has 0 radical (unpaired) electrons. The van der Waals surface area contributed by atoms with Crippen molar-refractivity contribution in [1.29, 1.82) is 0 Å². The number of benzene rings is 2. The Morgan fingerprint density at radius 1 is 1.00 bits per heavy atom. The highest BCUT2D eigenvalue weighted by Gasteiger charge is 2.43. The SMILES string of the molecule is CN1CCOc2ccccc2CCCCCC2(CCN(C(=O)COc3cccc(C(F)(F)F)c3)CC2)C1=O. The summed E-state index contributed by atoms with van der Waals surface area (Å²) < 4.78 is 50.2. The lowest BCUT2D eigenvalue weighted by atomic mass is 9.73. The summed E-state index contributed by atoms with van der Waals surface area (Å²) in [4.78, 5) is 29.8. The van der Waals surface area contributed by atoms with Crippen molar-refractivity contribution in [2.45, 2.75) is 51.1 Å². The summed E-state index contributed by atoms with van der Waals surface area (Å²) in [5, 5.41) is 0. The van der Waals surface area contributed by atoms with E-state index in [4.69, 9.17) is 9.47 Å². The molecule has 0 N–H and O–H groups in total. The average Bonchev–Trinajstić information content (AvgIpc) is 2.92. The van der Waals surface area contributed by atoms with Gasteiger partial charge in [-0.1, -0.05) is 37.1 Å². The number of carbonyl (C=O) groups excluding carboxylic acids is 2. The van der Waals surface area contributed by atoms with E-state index in [2.05, 4.69) is 6.07 Å². The molecule has 2 aromatic rings. The van der Waals surface area contributed by atoms with Crippen LogP contribution in [-0.4, -0.2) is 61.5 Å². The van der Waals surface area contributed by atoms with E-state index in [-0.39, 0.29) is 24.2 Å². The van der Waals surface area contributed by atoms with Crippen molar-refractivity contribution in [3.05, 3.63) is 59.7 Å². The predicted octanol–water partition coefficient (Wildman–Crippen LogP) is 5.35. The van der Waals surface area contributed by atoms with Crippen molar-refractivity contribution in [3.8, 4) is 11.5 Å². The summed E-state index contributed by atoms with van der Waals surface area (Å²) in [6.45, 7) is 1.36. The van der Waals surface area contributed by atoms with E-state index in [0.717, 1.165) is 50.0 Å². The zero-order valence-corrected chi connectivity index (χ0v) is 21.8. The van der Waals surface area contributed by atoms with Crippen molar-refractivity contribution in [1.82, 2.24) is 9.80 Å². The minimum atomic E-state index is -4.48. The van der Waals surface area contributed by atoms with Gasteiger partial charge >= 0.3 is 6.18 Å². The fourth-order valence-electron chi connectivity index (χ4n) is 5.36. The molecule has 0 bridgehead atoms. The second kappa shape index (κ2) is 12.1. The lowest BCUT2D eigenvalue weighted by molar-refractivity contribution is -0.148. The number of aryl methyl sites for hydroxylation is 1. The van der Waals surface area contributed by atoms with E-state index >= 15 is 0 Å². The Balaban J connectivity index is 1.35. The molecule has 2 aromatic carbocycles. The van der Waals surface area contributed by atoms with E-state index in [1.165, 1.54) is 17.7 Å². The van der Waals surface area contributed by atoms with Gasteiger partial charge in [-0.3, -0.25) is 9.59 Å². The third-order valence-corrected chi connectivity index (χ3v) is 7.66. The van der Waals surface area contributed by atoms with Crippen LogP contribution in [0.5, 0.6) is 11.5 Å². The molecule has 206 valence electrons. The van der Waals surface area contributed by atoms with Crippen LogP contribution in [0.15, 0.2) is 48.5 Å². The molecule has 1 saturated heterocycles. The largest absolute Gasteiger partial charge is 0.491 e. The van der Waals surface area contributed by atoms with Crippen LogP contribution in [0.1, 0.15) is 49.7 Å². The summed E-state index contributed by atoms with van der Waals surface area (Å²) in [5.41, 5.74) is -0.166. The number of likely N-dealkylation sites (N-methyl/N-ethyl adjacent to an activating group) is 1. The number of para-hydroxylation sites is 1. The van der Waals surface area contributed by atoms with Gasteiger partial charge in [0.1, 0.15) is 18.1 Å². The zero-order valence-electron chi connectivity index (χ0n) is 21.8. The zero-order chi connectivity index (χ0) is 27.2. The Morgan fingerprint density at radius 3 is 2.53 bits per heavy atom. The Labute approximate surface area is 221 Å². The number of rotatable bonds is 3. The quantitative estimate of drug-likeness (QED) is 0.535. The number of alkyl halides is 3. The van der Waals surface area contributed by atoms with Gasteiger partial charge in [-0.05, 0) is 61.9 Å². The molecule has 0 atom stereocenters. The summed E-state index contributed by atoms with van der Waals surface area (Å²) >= 11 is 0. The minimum Gasteiger partial charge on any atom is -0.491 e. The number of hydrogen-bond acceptors (Lipinski definition) is 4. The molecule has 0 unspecified atom stereocenters. The normalized spacial score (nSPS) is 19.0. The van der Waals surface area contributed by atoms with Crippen LogP contribution in [0.2, 0.25) is 0 Å². The predicted molar refractivity (Wildman–Crippen MR) is 137 cm³/mol. The number of ether oxygens (including phenoxy) is 2. The highest BCUT2D eigenvalue weighted by atomic mass is 19.4. The van der Waals surface area contributed by atoms with Crippen LogP contribution in [0.25, 0.3) is 0 Å². The number of piperidine rings is 1. The maximum Gasteiger partial charge on any atom is 0.416 e. The van der Waals surface area contributed by atoms with Gasteiger partial charge in [-0.2, -0.15) is 13.2 Å². The molecule has 0 aromatic heterocycles. The molecule has 0 aliphatic carbocycles. The molecule has 2 aliphatic heterocycles. The van der Waals surface area contributed by atoms with Gasteiger partial charge in [-0.25, -0.2) is 0 Å². The number of carbonyl (C=O) groups is 2. The Morgan fingerprint density at radius 2 is 1.76 bits per heavy atom. The number of nitrogens with zero attached hydrogens (tertiary/aromatic N) is 2. The molecule has 2 amide bonds. The fraction of sp³-hybridized carbons (Fsp3) is 0.517. The smallest absolute Gasteiger partial charge is 0.416 e. The molecule has 4 rings (SSSR count). The lowest BCUT2D eigenvalue weighted by Crippen LogP contribution is -2.51. The number of hydrogen-bond donors (Lipinski definition) is 0. The molecule has 38 heavy (non-hydrogen) atoms.